The molecule has 0 spiro atoms. The average Bonchev–Trinajstić information content (AvgIpc) is 2.98. The number of hydrogen-bond acceptors (Lipinski definition) is 1. The van der Waals surface area contributed by atoms with Crippen LogP contribution < -0.4 is 0 Å². The van der Waals surface area contributed by atoms with E-state index in [0.29, 0.717) is 6.04 Å². The number of hydrogen-bond donors (Lipinski definition) is 0. The van der Waals surface area contributed by atoms with Crippen molar-refractivity contribution in [3.8, 4) is 0 Å². The van der Waals surface area contributed by atoms with Crippen molar-refractivity contribution in [2.24, 2.45) is 0 Å². The van der Waals surface area contributed by atoms with E-state index < -0.39 is 0 Å². The topological polar surface area (TPSA) is 22.2 Å². The van der Waals surface area contributed by atoms with E-state index in [-0.39, 0.29) is 0 Å². The Hall–Kier alpha value is -1.77. The Morgan fingerprint density at radius 1 is 0.955 bits per heavy atom. The van der Waals surface area contributed by atoms with Crippen molar-refractivity contribution < 1.29 is 0 Å². The fourth-order valence-corrected chi connectivity index (χ4v) is 4.56. The lowest BCUT2D eigenvalue weighted by molar-refractivity contribution is 0.346. The van der Waals surface area contributed by atoms with Crippen LogP contribution >= 0.6 is 0 Å². The summed E-state index contributed by atoms with van der Waals surface area (Å²) in [7, 11) is 0. The summed E-state index contributed by atoms with van der Waals surface area (Å²) in [5.41, 5.74) is 6.52. The van der Waals surface area contributed by atoms with E-state index in [1.165, 1.54) is 65.3 Å². The van der Waals surface area contributed by atoms with Crippen LogP contribution in [-0.4, -0.2) is 14.2 Å². The van der Waals surface area contributed by atoms with Gasteiger partial charge < -0.3 is 4.57 Å². The van der Waals surface area contributed by atoms with Crippen molar-refractivity contribution in [2.45, 2.75) is 65.8 Å². The first-order valence-electron chi connectivity index (χ1n) is 8.54. The molecule has 1 saturated carbocycles. The molecule has 3 aromatic rings. The van der Waals surface area contributed by atoms with Crippen LogP contribution in [0.5, 0.6) is 0 Å². The van der Waals surface area contributed by atoms with Crippen LogP contribution in [0.1, 0.15) is 60.8 Å². The highest BCUT2D eigenvalue weighted by Crippen LogP contribution is 2.37. The smallest absolute Gasteiger partial charge is 0.0746 e. The third-order valence-electron chi connectivity index (χ3n) is 5.45. The van der Waals surface area contributed by atoms with E-state index in [4.69, 9.17) is 5.10 Å². The van der Waals surface area contributed by atoms with Crippen molar-refractivity contribution in [3.63, 3.8) is 0 Å². The normalized spacial score (nSPS) is 16.9. The predicted molar refractivity (Wildman–Crippen MR) is 91.8 cm³/mol. The lowest BCUT2D eigenvalue weighted by Gasteiger charge is -2.26. The Balaban J connectivity index is 2.06. The van der Waals surface area contributed by atoms with Crippen LogP contribution in [0.4, 0.5) is 0 Å². The zero-order valence-electron chi connectivity index (χ0n) is 14.1. The highest BCUT2D eigenvalue weighted by molar-refractivity contribution is 6.01. The van der Waals surface area contributed by atoms with Gasteiger partial charge in [0.05, 0.1) is 11.2 Å². The van der Waals surface area contributed by atoms with E-state index in [9.17, 15) is 0 Å². The minimum atomic E-state index is 0.677. The van der Waals surface area contributed by atoms with Gasteiger partial charge in [-0.1, -0.05) is 19.3 Å². The van der Waals surface area contributed by atoms with Gasteiger partial charge in [-0.2, -0.15) is 5.10 Å². The summed E-state index contributed by atoms with van der Waals surface area (Å²) >= 11 is 0. The number of aryl methyl sites for hydroxylation is 4. The van der Waals surface area contributed by atoms with Crippen molar-refractivity contribution in [1.82, 2.24) is 14.2 Å². The third-order valence-corrected chi connectivity index (χ3v) is 5.45. The minimum Gasteiger partial charge on any atom is -0.345 e. The first-order chi connectivity index (χ1) is 10.6. The standard InChI is InChI=1S/C19H25N3/c1-12-10-17-19-15(4)22(16-8-6-5-7-9-16)14(3)18(19)13(2)20-21(17)11-12/h10-11,16H,5-9H2,1-4H3. The largest absolute Gasteiger partial charge is 0.345 e. The van der Waals surface area contributed by atoms with Crippen LogP contribution in [-0.2, 0) is 0 Å². The summed E-state index contributed by atoms with van der Waals surface area (Å²) in [4.78, 5) is 0. The molecule has 0 aliphatic heterocycles. The molecular formula is C19H25N3. The second-order valence-corrected chi connectivity index (χ2v) is 7.02. The van der Waals surface area contributed by atoms with Gasteiger partial charge >= 0.3 is 0 Å². The van der Waals surface area contributed by atoms with Crippen molar-refractivity contribution in [2.75, 3.05) is 0 Å². The maximum absolute atomic E-state index is 4.79. The Morgan fingerprint density at radius 3 is 2.36 bits per heavy atom. The highest BCUT2D eigenvalue weighted by Gasteiger charge is 2.23. The van der Waals surface area contributed by atoms with Crippen LogP contribution in [0.2, 0.25) is 0 Å². The Kier molecular flexibility index (Phi) is 3.07. The Bertz CT molecular complexity index is 860. The molecule has 3 aromatic heterocycles. The molecule has 22 heavy (non-hydrogen) atoms. The molecule has 0 bridgehead atoms. The fraction of sp³-hybridized carbons (Fsp3) is 0.526. The van der Waals surface area contributed by atoms with E-state index >= 15 is 0 Å². The van der Waals surface area contributed by atoms with E-state index in [0.717, 1.165) is 5.69 Å². The molecule has 0 amide bonds. The van der Waals surface area contributed by atoms with Gasteiger partial charge in [-0.3, -0.25) is 0 Å². The molecule has 3 heteroatoms. The van der Waals surface area contributed by atoms with Crippen LogP contribution in [0.15, 0.2) is 12.3 Å². The quantitative estimate of drug-likeness (QED) is 0.617. The highest BCUT2D eigenvalue weighted by atomic mass is 15.2. The third kappa shape index (κ3) is 1.84. The van der Waals surface area contributed by atoms with Gasteiger partial charge in [-0.15, -0.1) is 0 Å². The molecule has 0 aromatic carbocycles. The molecule has 0 saturated heterocycles. The summed E-state index contributed by atoms with van der Waals surface area (Å²) in [6.07, 6.45) is 8.92. The van der Waals surface area contributed by atoms with Crippen molar-refractivity contribution >= 4 is 16.3 Å². The van der Waals surface area contributed by atoms with Gasteiger partial charge in [0, 0.05) is 34.4 Å². The number of nitrogens with zero attached hydrogens (tertiary/aromatic N) is 3. The first kappa shape index (κ1) is 13.9. The van der Waals surface area contributed by atoms with E-state index in [1.54, 1.807) is 0 Å². The summed E-state index contributed by atoms with van der Waals surface area (Å²) in [5, 5.41) is 7.56. The molecule has 3 heterocycles. The monoisotopic (exact) mass is 295 g/mol. The Labute approximate surface area is 131 Å². The number of fused-ring (bicyclic) bond motifs is 3. The van der Waals surface area contributed by atoms with Gasteiger partial charge in [-0.05, 0) is 52.2 Å². The SMILES string of the molecule is Cc1cc2c3c(C)n(C4CCCCC4)c(C)c3c(C)nn2c1. The molecular weight excluding hydrogens is 270 g/mol. The average molecular weight is 295 g/mol. The van der Waals surface area contributed by atoms with Gasteiger partial charge in [0.2, 0.25) is 0 Å². The van der Waals surface area contributed by atoms with E-state index in [2.05, 4.69) is 49.0 Å². The lowest BCUT2D eigenvalue weighted by Crippen LogP contribution is -2.15. The van der Waals surface area contributed by atoms with Gasteiger partial charge in [0.15, 0.2) is 0 Å². The Morgan fingerprint density at radius 2 is 1.64 bits per heavy atom. The van der Waals surface area contributed by atoms with Gasteiger partial charge in [0.25, 0.3) is 0 Å². The summed E-state index contributed by atoms with van der Waals surface area (Å²) in [6.45, 7) is 8.88. The molecule has 116 valence electrons. The van der Waals surface area contributed by atoms with Crippen LogP contribution in [0, 0.1) is 27.7 Å². The second-order valence-electron chi connectivity index (χ2n) is 7.02. The maximum Gasteiger partial charge on any atom is 0.0746 e. The molecule has 0 unspecified atom stereocenters. The zero-order chi connectivity index (χ0) is 15.4. The second kappa shape index (κ2) is 4.87. The molecule has 1 aliphatic rings. The predicted octanol–water partition coefficient (Wildman–Crippen LogP) is 5.03. The van der Waals surface area contributed by atoms with Crippen molar-refractivity contribution in [1.29, 1.82) is 0 Å². The number of rotatable bonds is 1. The summed E-state index contributed by atoms with van der Waals surface area (Å²) < 4.78 is 4.67. The zero-order valence-corrected chi connectivity index (χ0v) is 14.1. The summed E-state index contributed by atoms with van der Waals surface area (Å²) in [5.74, 6) is 0. The fourth-order valence-electron chi connectivity index (χ4n) is 4.56. The van der Waals surface area contributed by atoms with Crippen LogP contribution in [0.25, 0.3) is 16.3 Å². The lowest BCUT2D eigenvalue weighted by atomic mass is 9.95. The molecule has 3 nitrogen and oxygen atoms in total. The molecule has 1 fully saturated rings. The van der Waals surface area contributed by atoms with Gasteiger partial charge in [0.1, 0.15) is 0 Å². The first-order valence-corrected chi connectivity index (χ1v) is 8.54. The van der Waals surface area contributed by atoms with Gasteiger partial charge in [-0.25, -0.2) is 4.52 Å². The maximum atomic E-state index is 4.79. The molecule has 1 aliphatic carbocycles. The summed E-state index contributed by atoms with van der Waals surface area (Å²) in [6, 6.07) is 2.95. The molecule has 4 rings (SSSR count). The van der Waals surface area contributed by atoms with Crippen LogP contribution in [0.3, 0.4) is 0 Å². The molecule has 0 radical (unpaired) electrons. The minimum absolute atomic E-state index is 0.677. The van der Waals surface area contributed by atoms with E-state index in [1.807, 2.05) is 0 Å². The number of aromatic nitrogens is 3. The van der Waals surface area contributed by atoms with Crippen molar-refractivity contribution in [3.05, 3.63) is 34.9 Å². The molecule has 0 N–H and O–H groups in total. The molecule has 0 atom stereocenters.